The molecule has 2 nitrogen and oxygen atoms in total. The maximum atomic E-state index is 12.0. The van der Waals surface area contributed by atoms with E-state index in [0.717, 1.165) is 16.7 Å². The van der Waals surface area contributed by atoms with Gasteiger partial charge in [-0.15, -0.1) is 11.6 Å². The second kappa shape index (κ2) is 6.39. The largest absolute Gasteiger partial charge is 0.350 e. The van der Waals surface area contributed by atoms with Gasteiger partial charge in [0, 0.05) is 6.54 Å². The van der Waals surface area contributed by atoms with Crippen molar-refractivity contribution in [3.8, 4) is 0 Å². The molecule has 2 aromatic rings. The Hall–Kier alpha value is -1.80. The highest BCUT2D eigenvalue weighted by atomic mass is 35.5. The summed E-state index contributed by atoms with van der Waals surface area (Å²) in [6.07, 6.45) is 0. The monoisotopic (exact) mass is 273 g/mol. The molecule has 3 heteroatoms. The first-order valence-corrected chi connectivity index (χ1v) is 6.63. The highest BCUT2D eigenvalue weighted by Crippen LogP contribution is 2.20. The first-order valence-electron chi connectivity index (χ1n) is 6.19. The van der Waals surface area contributed by atoms with Crippen molar-refractivity contribution < 1.29 is 4.79 Å². The summed E-state index contributed by atoms with van der Waals surface area (Å²) in [5.74, 6) is -0.170. The van der Waals surface area contributed by atoms with E-state index in [1.165, 1.54) is 0 Å². The van der Waals surface area contributed by atoms with Crippen molar-refractivity contribution in [3.63, 3.8) is 0 Å². The average Bonchev–Trinajstić information content (AvgIpc) is 2.46. The van der Waals surface area contributed by atoms with Crippen molar-refractivity contribution in [2.45, 2.75) is 18.8 Å². The van der Waals surface area contributed by atoms with Crippen LogP contribution in [0.3, 0.4) is 0 Å². The summed E-state index contributed by atoms with van der Waals surface area (Å²) >= 11 is 6.15. The fourth-order valence-corrected chi connectivity index (χ4v) is 2.08. The number of amides is 1. The zero-order valence-corrected chi connectivity index (χ0v) is 11.5. The van der Waals surface area contributed by atoms with Crippen LogP contribution < -0.4 is 5.32 Å². The van der Waals surface area contributed by atoms with Gasteiger partial charge in [0.2, 0.25) is 5.91 Å². The summed E-state index contributed by atoms with van der Waals surface area (Å²) < 4.78 is 0. The number of alkyl halides is 1. The molecule has 0 fully saturated rings. The fourth-order valence-electron chi connectivity index (χ4n) is 1.85. The number of hydrogen-bond acceptors (Lipinski definition) is 1. The van der Waals surface area contributed by atoms with E-state index >= 15 is 0 Å². The number of hydrogen-bond donors (Lipinski definition) is 1. The quantitative estimate of drug-likeness (QED) is 0.848. The van der Waals surface area contributed by atoms with Gasteiger partial charge >= 0.3 is 0 Å². The normalized spacial score (nSPS) is 11.9. The van der Waals surface area contributed by atoms with Gasteiger partial charge in [-0.3, -0.25) is 4.79 Å². The summed E-state index contributed by atoms with van der Waals surface area (Å²) in [7, 11) is 0. The molecule has 0 saturated carbocycles. The Morgan fingerprint density at radius 1 is 1.11 bits per heavy atom. The van der Waals surface area contributed by atoms with E-state index in [1.54, 1.807) is 0 Å². The Morgan fingerprint density at radius 3 is 2.42 bits per heavy atom. The lowest BCUT2D eigenvalue weighted by Crippen LogP contribution is -2.26. The molecule has 1 atom stereocenters. The summed E-state index contributed by atoms with van der Waals surface area (Å²) in [6.45, 7) is 2.53. The van der Waals surface area contributed by atoms with Gasteiger partial charge in [0.05, 0.1) is 0 Å². The van der Waals surface area contributed by atoms with Crippen molar-refractivity contribution in [2.24, 2.45) is 0 Å². The van der Waals surface area contributed by atoms with Gasteiger partial charge in [-0.05, 0) is 23.6 Å². The minimum absolute atomic E-state index is 0.170. The van der Waals surface area contributed by atoms with Gasteiger partial charge in [0.25, 0.3) is 0 Å². The number of halogens is 1. The molecule has 2 rings (SSSR count). The van der Waals surface area contributed by atoms with Crippen LogP contribution in [0, 0.1) is 6.92 Å². The predicted octanol–water partition coefficient (Wildman–Crippen LogP) is 3.59. The lowest BCUT2D eigenvalue weighted by molar-refractivity contribution is -0.121. The van der Waals surface area contributed by atoms with Gasteiger partial charge in [0.1, 0.15) is 5.38 Å². The highest BCUT2D eigenvalue weighted by Gasteiger charge is 2.16. The van der Waals surface area contributed by atoms with Crippen LogP contribution in [-0.2, 0) is 11.3 Å². The molecule has 1 N–H and O–H groups in total. The van der Waals surface area contributed by atoms with E-state index in [0.29, 0.717) is 6.54 Å². The molecule has 0 aliphatic rings. The van der Waals surface area contributed by atoms with Crippen LogP contribution in [0.1, 0.15) is 22.1 Å². The molecule has 19 heavy (non-hydrogen) atoms. The molecule has 0 aliphatic heterocycles. The van der Waals surface area contributed by atoms with Crippen LogP contribution in [0.25, 0.3) is 0 Å². The van der Waals surface area contributed by atoms with E-state index in [9.17, 15) is 4.79 Å². The van der Waals surface area contributed by atoms with E-state index in [1.807, 2.05) is 61.5 Å². The standard InChI is InChI=1S/C16H16ClNO/c1-12-7-5-6-10-14(12)11-18-16(19)15(17)13-8-3-2-4-9-13/h2-10,15H,11H2,1H3,(H,18,19). The molecule has 0 heterocycles. The highest BCUT2D eigenvalue weighted by molar-refractivity contribution is 6.30. The van der Waals surface area contributed by atoms with E-state index < -0.39 is 5.38 Å². The molecule has 1 amide bonds. The van der Waals surface area contributed by atoms with Crippen molar-refractivity contribution >= 4 is 17.5 Å². The van der Waals surface area contributed by atoms with Gasteiger partial charge in [-0.25, -0.2) is 0 Å². The smallest absolute Gasteiger partial charge is 0.242 e. The number of carbonyl (C=O) groups is 1. The Balaban J connectivity index is 1.97. The molecule has 2 aromatic carbocycles. The molecule has 98 valence electrons. The van der Waals surface area contributed by atoms with Crippen LogP contribution >= 0.6 is 11.6 Å². The first-order chi connectivity index (χ1) is 9.18. The molecule has 0 radical (unpaired) electrons. The Morgan fingerprint density at radius 2 is 1.74 bits per heavy atom. The molecule has 1 unspecified atom stereocenters. The van der Waals surface area contributed by atoms with Gasteiger partial charge < -0.3 is 5.32 Å². The van der Waals surface area contributed by atoms with E-state index in [4.69, 9.17) is 11.6 Å². The minimum atomic E-state index is -0.648. The number of nitrogens with one attached hydrogen (secondary N) is 1. The lowest BCUT2D eigenvalue weighted by Gasteiger charge is -2.12. The minimum Gasteiger partial charge on any atom is -0.350 e. The summed E-state index contributed by atoms with van der Waals surface area (Å²) in [5, 5.41) is 2.22. The maximum absolute atomic E-state index is 12.0. The molecule has 0 spiro atoms. The summed E-state index contributed by atoms with van der Waals surface area (Å²) in [5.41, 5.74) is 3.08. The average molecular weight is 274 g/mol. The van der Waals surface area contributed by atoms with Gasteiger partial charge in [-0.2, -0.15) is 0 Å². The van der Waals surface area contributed by atoms with Crippen LogP contribution in [0.4, 0.5) is 0 Å². The first kappa shape index (κ1) is 13.6. The predicted molar refractivity (Wildman–Crippen MR) is 78.1 cm³/mol. The van der Waals surface area contributed by atoms with Crippen molar-refractivity contribution in [2.75, 3.05) is 0 Å². The molecular weight excluding hydrogens is 258 g/mol. The molecule has 0 aliphatic carbocycles. The van der Waals surface area contributed by atoms with E-state index in [2.05, 4.69) is 5.32 Å². The topological polar surface area (TPSA) is 29.1 Å². The zero-order chi connectivity index (χ0) is 13.7. The zero-order valence-electron chi connectivity index (χ0n) is 10.8. The van der Waals surface area contributed by atoms with Crippen LogP contribution in [0.15, 0.2) is 54.6 Å². The molecule has 0 aromatic heterocycles. The Bertz CT molecular complexity index is 554. The van der Waals surface area contributed by atoms with Crippen LogP contribution in [0.5, 0.6) is 0 Å². The lowest BCUT2D eigenvalue weighted by atomic mass is 10.1. The second-order valence-electron chi connectivity index (χ2n) is 4.42. The third kappa shape index (κ3) is 3.58. The number of rotatable bonds is 4. The van der Waals surface area contributed by atoms with Crippen molar-refractivity contribution in [1.29, 1.82) is 0 Å². The summed E-state index contributed by atoms with van der Waals surface area (Å²) in [4.78, 5) is 12.0. The number of aryl methyl sites for hydroxylation is 1. The Kier molecular flexibility index (Phi) is 4.58. The van der Waals surface area contributed by atoms with Crippen molar-refractivity contribution in [3.05, 3.63) is 71.3 Å². The molecule has 0 saturated heterocycles. The van der Waals surface area contributed by atoms with Gasteiger partial charge in [0.15, 0.2) is 0 Å². The van der Waals surface area contributed by atoms with Crippen LogP contribution in [-0.4, -0.2) is 5.91 Å². The second-order valence-corrected chi connectivity index (χ2v) is 4.85. The summed E-state index contributed by atoms with van der Waals surface area (Å²) in [6, 6.07) is 17.3. The molecule has 0 bridgehead atoms. The fraction of sp³-hybridized carbons (Fsp3) is 0.188. The van der Waals surface area contributed by atoms with Gasteiger partial charge in [-0.1, -0.05) is 54.6 Å². The molecular formula is C16H16ClNO. The Labute approximate surface area is 118 Å². The third-order valence-corrected chi connectivity index (χ3v) is 3.49. The third-order valence-electron chi connectivity index (χ3n) is 3.04. The van der Waals surface area contributed by atoms with E-state index in [-0.39, 0.29) is 5.91 Å². The van der Waals surface area contributed by atoms with Crippen LogP contribution in [0.2, 0.25) is 0 Å². The SMILES string of the molecule is Cc1ccccc1CNC(=O)C(Cl)c1ccccc1. The van der Waals surface area contributed by atoms with Crippen molar-refractivity contribution in [1.82, 2.24) is 5.32 Å². The number of carbonyl (C=O) groups excluding carboxylic acids is 1. The maximum Gasteiger partial charge on any atom is 0.242 e. The number of benzene rings is 2.